The van der Waals surface area contributed by atoms with Crippen LogP contribution < -0.4 is 10.1 Å². The number of anilines is 1. The topological polar surface area (TPSA) is 111 Å². The van der Waals surface area contributed by atoms with Gasteiger partial charge >= 0.3 is 11.9 Å². The number of carboxylic acid groups (broad SMARTS) is 1. The highest BCUT2D eigenvalue weighted by Gasteiger charge is 2.05. The Balaban J connectivity index is 1.75. The molecule has 25 heavy (non-hydrogen) atoms. The van der Waals surface area contributed by atoms with Gasteiger partial charge in [0.2, 0.25) is 0 Å². The zero-order chi connectivity index (χ0) is 18.1. The first-order valence-corrected chi connectivity index (χ1v) is 7.75. The van der Waals surface area contributed by atoms with Crippen LogP contribution in [0, 0.1) is 0 Å². The quantitative estimate of drug-likeness (QED) is 0.662. The normalized spacial score (nSPS) is 10.1. The van der Waals surface area contributed by atoms with Crippen LogP contribution >= 0.6 is 0 Å². The number of carbonyl (C=O) groups is 2. The average molecular weight is 345 g/mol. The lowest BCUT2D eigenvalue weighted by atomic mass is 10.1. The van der Waals surface area contributed by atoms with E-state index in [-0.39, 0.29) is 12.3 Å². The summed E-state index contributed by atoms with van der Waals surface area (Å²) in [6.45, 7) is 2.58. The van der Waals surface area contributed by atoms with Crippen molar-refractivity contribution < 1.29 is 24.2 Å². The Kier molecular flexibility index (Phi) is 6.70. The number of benzene rings is 1. The van der Waals surface area contributed by atoms with E-state index in [1.54, 1.807) is 19.1 Å². The number of nitrogens with zero attached hydrogens (tertiary/aromatic N) is 2. The lowest BCUT2D eigenvalue weighted by Crippen LogP contribution is -2.14. The Bertz CT molecular complexity index is 701. The molecule has 1 heterocycles. The number of aromatic carboxylic acids is 1. The zero-order valence-corrected chi connectivity index (χ0v) is 13.8. The van der Waals surface area contributed by atoms with Gasteiger partial charge in [-0.05, 0) is 31.0 Å². The van der Waals surface area contributed by atoms with Crippen molar-refractivity contribution >= 4 is 17.8 Å². The molecule has 0 spiro atoms. The van der Waals surface area contributed by atoms with Crippen molar-refractivity contribution in [2.24, 2.45) is 0 Å². The summed E-state index contributed by atoms with van der Waals surface area (Å²) in [5.74, 6) is -0.394. The maximum atomic E-state index is 11.2. The molecule has 0 saturated heterocycles. The highest BCUT2D eigenvalue weighted by atomic mass is 16.6. The maximum Gasteiger partial charge on any atom is 0.356 e. The molecular weight excluding hydrogens is 326 g/mol. The van der Waals surface area contributed by atoms with Crippen molar-refractivity contribution in [1.82, 2.24) is 9.97 Å². The van der Waals surface area contributed by atoms with Gasteiger partial charge in [-0.15, -0.1) is 0 Å². The van der Waals surface area contributed by atoms with Crippen LogP contribution in [0.3, 0.4) is 0 Å². The van der Waals surface area contributed by atoms with E-state index in [9.17, 15) is 9.59 Å². The number of ether oxygens (including phenoxy) is 2. The molecule has 2 rings (SSSR count). The Morgan fingerprint density at radius 2 is 1.92 bits per heavy atom. The van der Waals surface area contributed by atoms with E-state index in [0.29, 0.717) is 24.7 Å². The number of esters is 1. The van der Waals surface area contributed by atoms with Gasteiger partial charge in [0.1, 0.15) is 11.6 Å². The largest absolute Gasteiger partial charge is 0.482 e. The molecule has 0 saturated carbocycles. The first kappa shape index (κ1) is 18.2. The number of rotatable bonds is 9. The van der Waals surface area contributed by atoms with Crippen LogP contribution in [0.5, 0.6) is 5.75 Å². The average Bonchev–Trinajstić information content (AvgIpc) is 2.62. The number of nitrogens with one attached hydrogen (secondary N) is 1. The Labute approximate surface area is 144 Å². The number of carbonyl (C=O) groups excluding carboxylic acids is 1. The summed E-state index contributed by atoms with van der Waals surface area (Å²) >= 11 is 0. The first-order chi connectivity index (χ1) is 12.1. The lowest BCUT2D eigenvalue weighted by Gasteiger charge is -2.08. The second-order valence-electron chi connectivity index (χ2n) is 5.01. The fourth-order valence-corrected chi connectivity index (χ4v) is 1.96. The molecule has 0 radical (unpaired) electrons. The van der Waals surface area contributed by atoms with E-state index in [1.807, 2.05) is 12.1 Å². The van der Waals surface area contributed by atoms with Gasteiger partial charge < -0.3 is 19.9 Å². The minimum absolute atomic E-state index is 0.0936. The molecule has 132 valence electrons. The van der Waals surface area contributed by atoms with Gasteiger partial charge in [0, 0.05) is 6.54 Å². The Morgan fingerprint density at radius 3 is 2.52 bits per heavy atom. The molecule has 0 unspecified atom stereocenters. The first-order valence-electron chi connectivity index (χ1n) is 7.75. The van der Waals surface area contributed by atoms with Crippen molar-refractivity contribution in [3.05, 3.63) is 47.9 Å². The summed E-state index contributed by atoms with van der Waals surface area (Å²) in [7, 11) is 0. The number of carboxylic acids is 1. The van der Waals surface area contributed by atoms with Gasteiger partial charge in [0.05, 0.1) is 19.0 Å². The molecule has 2 aromatic rings. The monoisotopic (exact) mass is 345 g/mol. The highest BCUT2D eigenvalue weighted by Crippen LogP contribution is 2.13. The lowest BCUT2D eigenvalue weighted by molar-refractivity contribution is -0.145. The molecule has 0 amide bonds. The molecule has 0 bridgehead atoms. The van der Waals surface area contributed by atoms with Crippen LogP contribution in [0.1, 0.15) is 23.0 Å². The van der Waals surface area contributed by atoms with Gasteiger partial charge in [0.25, 0.3) is 0 Å². The molecule has 2 N–H and O–H groups in total. The number of hydrogen-bond donors (Lipinski definition) is 2. The second kappa shape index (κ2) is 9.21. The third kappa shape index (κ3) is 6.09. The van der Waals surface area contributed by atoms with Gasteiger partial charge in [0.15, 0.2) is 12.3 Å². The van der Waals surface area contributed by atoms with Crippen molar-refractivity contribution in [3.8, 4) is 5.75 Å². The fraction of sp³-hybridized carbons (Fsp3) is 0.294. The van der Waals surface area contributed by atoms with E-state index < -0.39 is 11.9 Å². The summed E-state index contributed by atoms with van der Waals surface area (Å²) in [6, 6.07) is 7.38. The van der Waals surface area contributed by atoms with Gasteiger partial charge in [-0.25, -0.2) is 19.6 Å². The van der Waals surface area contributed by atoms with Crippen molar-refractivity contribution in [2.45, 2.75) is 13.3 Å². The molecule has 0 fully saturated rings. The maximum absolute atomic E-state index is 11.2. The molecule has 8 nitrogen and oxygen atoms in total. The summed E-state index contributed by atoms with van der Waals surface area (Å²) < 4.78 is 10.1. The molecule has 8 heteroatoms. The highest BCUT2D eigenvalue weighted by molar-refractivity contribution is 5.84. The van der Waals surface area contributed by atoms with Crippen LogP contribution in [0.4, 0.5) is 5.82 Å². The smallest absolute Gasteiger partial charge is 0.356 e. The molecule has 0 atom stereocenters. The molecule has 1 aromatic heterocycles. The van der Waals surface area contributed by atoms with Gasteiger partial charge in [-0.2, -0.15) is 0 Å². The van der Waals surface area contributed by atoms with E-state index >= 15 is 0 Å². The van der Waals surface area contributed by atoms with Crippen LogP contribution in [0.2, 0.25) is 0 Å². The molecule has 0 aliphatic carbocycles. The third-order valence-corrected chi connectivity index (χ3v) is 3.18. The van der Waals surface area contributed by atoms with Crippen LogP contribution in [-0.4, -0.2) is 46.8 Å². The molecule has 0 aliphatic rings. The number of hydrogen-bond acceptors (Lipinski definition) is 7. The van der Waals surface area contributed by atoms with E-state index in [4.69, 9.17) is 14.6 Å². The summed E-state index contributed by atoms with van der Waals surface area (Å²) in [5, 5.41) is 11.8. The van der Waals surface area contributed by atoms with Crippen LogP contribution in [0.15, 0.2) is 36.7 Å². The number of aromatic nitrogens is 2. The van der Waals surface area contributed by atoms with E-state index in [1.165, 1.54) is 12.4 Å². The second-order valence-corrected chi connectivity index (χ2v) is 5.01. The molecule has 0 aliphatic heterocycles. The zero-order valence-electron chi connectivity index (χ0n) is 13.8. The van der Waals surface area contributed by atoms with Crippen LogP contribution in [-0.2, 0) is 16.0 Å². The summed E-state index contributed by atoms with van der Waals surface area (Å²) in [6.07, 6.45) is 3.33. The molecule has 1 aromatic carbocycles. The Morgan fingerprint density at radius 1 is 1.16 bits per heavy atom. The SMILES string of the molecule is CCOC(=O)COc1ccc(CCNc2cnc(C(=O)O)cn2)cc1. The van der Waals surface area contributed by atoms with Gasteiger partial charge in [-0.3, -0.25) is 0 Å². The van der Waals surface area contributed by atoms with Crippen molar-refractivity contribution in [2.75, 3.05) is 25.1 Å². The van der Waals surface area contributed by atoms with Crippen LogP contribution in [0.25, 0.3) is 0 Å². The minimum atomic E-state index is -1.11. The third-order valence-electron chi connectivity index (χ3n) is 3.18. The molecular formula is C17H19N3O5. The standard InChI is InChI=1S/C17H19N3O5/c1-2-24-16(21)11-25-13-5-3-12(4-6-13)7-8-18-15-10-19-14(9-20-15)17(22)23/h3-6,9-10H,2,7-8,11H2,1H3,(H,18,20)(H,22,23). The summed E-state index contributed by atoms with van der Waals surface area (Å²) in [5.41, 5.74) is 0.982. The summed E-state index contributed by atoms with van der Waals surface area (Å²) in [4.78, 5) is 29.7. The minimum Gasteiger partial charge on any atom is -0.482 e. The van der Waals surface area contributed by atoms with E-state index in [2.05, 4.69) is 15.3 Å². The predicted octanol–water partition coefficient (Wildman–Crippen LogP) is 1.77. The fourth-order valence-electron chi connectivity index (χ4n) is 1.96. The van der Waals surface area contributed by atoms with E-state index in [0.717, 1.165) is 12.0 Å². The predicted molar refractivity (Wildman–Crippen MR) is 89.8 cm³/mol. The Hall–Kier alpha value is -3.16. The van der Waals surface area contributed by atoms with Gasteiger partial charge in [-0.1, -0.05) is 12.1 Å². The van der Waals surface area contributed by atoms with Crippen molar-refractivity contribution in [1.29, 1.82) is 0 Å². The van der Waals surface area contributed by atoms with Crippen molar-refractivity contribution in [3.63, 3.8) is 0 Å².